The van der Waals surface area contributed by atoms with E-state index in [1.54, 1.807) is 0 Å². The molecule has 0 amide bonds. The standard InChI is InChI=1S/C16H23NO2S/c1-11(2)10-14(16(18)19-3)17-13-8-9-20-15-7-5-4-6-12(13)15/h4-7,11,13-14,17H,8-10H2,1-3H3. The van der Waals surface area contributed by atoms with Crippen molar-refractivity contribution in [1.29, 1.82) is 0 Å². The fourth-order valence-corrected chi connectivity index (χ4v) is 3.73. The summed E-state index contributed by atoms with van der Waals surface area (Å²) in [6, 6.07) is 8.47. The minimum Gasteiger partial charge on any atom is -0.468 e. The molecule has 1 heterocycles. The Labute approximate surface area is 125 Å². The first-order valence-corrected chi connectivity index (χ1v) is 8.16. The van der Waals surface area contributed by atoms with E-state index in [0.717, 1.165) is 18.6 Å². The number of carbonyl (C=O) groups is 1. The molecule has 1 aliphatic rings. The third-order valence-corrected chi connectivity index (χ3v) is 4.68. The number of esters is 1. The van der Waals surface area contributed by atoms with Gasteiger partial charge in [-0.2, -0.15) is 0 Å². The van der Waals surface area contributed by atoms with Crippen LogP contribution >= 0.6 is 11.8 Å². The van der Waals surface area contributed by atoms with Crippen LogP contribution in [0.3, 0.4) is 0 Å². The van der Waals surface area contributed by atoms with Crippen molar-refractivity contribution >= 4 is 17.7 Å². The number of hydrogen-bond acceptors (Lipinski definition) is 4. The van der Waals surface area contributed by atoms with E-state index < -0.39 is 0 Å². The molecular formula is C16H23NO2S. The monoisotopic (exact) mass is 293 g/mol. The van der Waals surface area contributed by atoms with Gasteiger partial charge in [0.2, 0.25) is 0 Å². The van der Waals surface area contributed by atoms with E-state index in [0.29, 0.717) is 5.92 Å². The van der Waals surface area contributed by atoms with Crippen LogP contribution in [-0.2, 0) is 9.53 Å². The molecule has 2 unspecified atom stereocenters. The third-order valence-electron chi connectivity index (χ3n) is 3.55. The largest absolute Gasteiger partial charge is 0.468 e. The number of carbonyl (C=O) groups excluding carboxylic acids is 1. The van der Waals surface area contributed by atoms with Crippen LogP contribution in [0.5, 0.6) is 0 Å². The Morgan fingerprint density at radius 1 is 1.45 bits per heavy atom. The van der Waals surface area contributed by atoms with Crippen LogP contribution < -0.4 is 5.32 Å². The summed E-state index contributed by atoms with van der Waals surface area (Å²) in [6.07, 6.45) is 1.85. The van der Waals surface area contributed by atoms with E-state index >= 15 is 0 Å². The topological polar surface area (TPSA) is 38.3 Å². The van der Waals surface area contributed by atoms with Gasteiger partial charge in [-0.3, -0.25) is 10.1 Å². The summed E-state index contributed by atoms with van der Waals surface area (Å²) >= 11 is 1.89. The summed E-state index contributed by atoms with van der Waals surface area (Å²) in [7, 11) is 1.46. The highest BCUT2D eigenvalue weighted by Crippen LogP contribution is 2.36. The van der Waals surface area contributed by atoms with E-state index in [1.165, 1.54) is 17.6 Å². The fourth-order valence-electron chi connectivity index (χ4n) is 2.60. The summed E-state index contributed by atoms with van der Waals surface area (Å²) in [5.74, 6) is 1.39. The molecule has 1 aromatic carbocycles. The van der Waals surface area contributed by atoms with Crippen molar-refractivity contribution < 1.29 is 9.53 Å². The molecule has 110 valence electrons. The Morgan fingerprint density at radius 3 is 2.90 bits per heavy atom. The van der Waals surface area contributed by atoms with Gasteiger partial charge in [0.15, 0.2) is 0 Å². The van der Waals surface area contributed by atoms with Gasteiger partial charge in [-0.05, 0) is 36.1 Å². The number of benzene rings is 1. The molecule has 2 rings (SSSR count). The normalized spacial score (nSPS) is 19.5. The van der Waals surface area contributed by atoms with Gasteiger partial charge in [-0.25, -0.2) is 0 Å². The minimum atomic E-state index is -0.221. The average Bonchev–Trinajstić information content (AvgIpc) is 2.45. The molecule has 4 heteroatoms. The van der Waals surface area contributed by atoms with Crippen molar-refractivity contribution in [2.75, 3.05) is 12.9 Å². The van der Waals surface area contributed by atoms with Gasteiger partial charge in [0.05, 0.1) is 7.11 Å². The molecule has 1 N–H and O–H groups in total. The van der Waals surface area contributed by atoms with Gasteiger partial charge >= 0.3 is 5.97 Å². The zero-order valence-electron chi connectivity index (χ0n) is 12.4. The van der Waals surface area contributed by atoms with Crippen molar-refractivity contribution in [2.45, 2.75) is 43.7 Å². The lowest BCUT2D eigenvalue weighted by atomic mass is 9.99. The maximum absolute atomic E-state index is 11.9. The van der Waals surface area contributed by atoms with Gasteiger partial charge in [-0.15, -0.1) is 11.8 Å². The first-order valence-electron chi connectivity index (χ1n) is 7.17. The lowest BCUT2D eigenvalue weighted by molar-refractivity contribution is -0.143. The predicted molar refractivity (Wildman–Crippen MR) is 82.9 cm³/mol. The molecular weight excluding hydrogens is 270 g/mol. The van der Waals surface area contributed by atoms with Crippen LogP contribution in [0.25, 0.3) is 0 Å². The number of nitrogens with one attached hydrogen (secondary N) is 1. The number of fused-ring (bicyclic) bond motifs is 1. The van der Waals surface area contributed by atoms with Crippen molar-refractivity contribution in [3.8, 4) is 0 Å². The molecule has 3 nitrogen and oxygen atoms in total. The Balaban J connectivity index is 2.13. The predicted octanol–water partition coefficient (Wildman–Crippen LogP) is 3.40. The Bertz CT molecular complexity index is 462. The zero-order valence-corrected chi connectivity index (χ0v) is 13.2. The number of methoxy groups -OCH3 is 1. The average molecular weight is 293 g/mol. The maximum atomic E-state index is 11.9. The second-order valence-corrected chi connectivity index (χ2v) is 6.74. The molecule has 0 aromatic heterocycles. The van der Waals surface area contributed by atoms with Crippen LogP contribution in [0, 0.1) is 5.92 Å². The van der Waals surface area contributed by atoms with Gasteiger partial charge in [0, 0.05) is 10.9 Å². The quantitative estimate of drug-likeness (QED) is 0.844. The van der Waals surface area contributed by atoms with Crippen LogP contribution in [0.2, 0.25) is 0 Å². The van der Waals surface area contributed by atoms with Crippen LogP contribution in [0.1, 0.15) is 38.3 Å². The fraction of sp³-hybridized carbons (Fsp3) is 0.562. The summed E-state index contributed by atoms with van der Waals surface area (Å²) in [5, 5.41) is 3.51. The summed E-state index contributed by atoms with van der Waals surface area (Å²) in [4.78, 5) is 13.3. The van der Waals surface area contributed by atoms with E-state index in [1.807, 2.05) is 11.8 Å². The number of ether oxygens (including phenoxy) is 1. The SMILES string of the molecule is COC(=O)C(CC(C)C)NC1CCSc2ccccc21. The van der Waals surface area contributed by atoms with Gasteiger partial charge in [0.25, 0.3) is 0 Å². The summed E-state index contributed by atoms with van der Waals surface area (Å²) in [6.45, 7) is 4.25. The van der Waals surface area contributed by atoms with E-state index in [2.05, 4.69) is 43.4 Å². The van der Waals surface area contributed by atoms with Gasteiger partial charge in [0.1, 0.15) is 6.04 Å². The molecule has 0 bridgehead atoms. The van der Waals surface area contributed by atoms with Crippen molar-refractivity contribution in [3.05, 3.63) is 29.8 Å². The lowest BCUT2D eigenvalue weighted by Crippen LogP contribution is -2.41. The van der Waals surface area contributed by atoms with Crippen LogP contribution in [0.15, 0.2) is 29.2 Å². The smallest absolute Gasteiger partial charge is 0.322 e. The molecule has 0 radical (unpaired) electrons. The molecule has 2 atom stereocenters. The number of rotatable bonds is 5. The molecule has 1 aliphatic heterocycles. The Morgan fingerprint density at radius 2 is 2.20 bits per heavy atom. The minimum absolute atomic E-state index is 0.158. The van der Waals surface area contributed by atoms with Gasteiger partial charge < -0.3 is 4.74 Å². The highest BCUT2D eigenvalue weighted by atomic mass is 32.2. The molecule has 20 heavy (non-hydrogen) atoms. The first-order chi connectivity index (χ1) is 9.61. The zero-order chi connectivity index (χ0) is 14.5. The van der Waals surface area contributed by atoms with Crippen molar-refractivity contribution in [2.24, 2.45) is 5.92 Å². The molecule has 0 aliphatic carbocycles. The van der Waals surface area contributed by atoms with Crippen molar-refractivity contribution in [1.82, 2.24) is 5.32 Å². The summed E-state index contributed by atoms with van der Waals surface area (Å²) < 4.78 is 4.94. The van der Waals surface area contributed by atoms with Crippen LogP contribution in [0.4, 0.5) is 0 Å². The second-order valence-electron chi connectivity index (χ2n) is 5.60. The first kappa shape index (κ1) is 15.4. The van der Waals surface area contributed by atoms with E-state index in [-0.39, 0.29) is 18.1 Å². The van der Waals surface area contributed by atoms with Gasteiger partial charge in [-0.1, -0.05) is 32.0 Å². The second kappa shape index (κ2) is 7.14. The lowest BCUT2D eigenvalue weighted by Gasteiger charge is -2.29. The van der Waals surface area contributed by atoms with Crippen LogP contribution in [-0.4, -0.2) is 24.9 Å². The highest BCUT2D eigenvalue weighted by molar-refractivity contribution is 7.99. The molecule has 0 fully saturated rings. The summed E-state index contributed by atoms with van der Waals surface area (Å²) in [5.41, 5.74) is 1.31. The van der Waals surface area contributed by atoms with E-state index in [9.17, 15) is 4.79 Å². The molecule has 0 saturated carbocycles. The molecule has 0 spiro atoms. The molecule has 0 saturated heterocycles. The number of hydrogen-bond donors (Lipinski definition) is 1. The third kappa shape index (κ3) is 3.76. The maximum Gasteiger partial charge on any atom is 0.322 e. The number of thioether (sulfide) groups is 1. The van der Waals surface area contributed by atoms with Crippen molar-refractivity contribution in [3.63, 3.8) is 0 Å². The highest BCUT2D eigenvalue weighted by Gasteiger charge is 2.27. The Kier molecular flexibility index (Phi) is 5.49. The Hall–Kier alpha value is -1.00. The van der Waals surface area contributed by atoms with E-state index in [4.69, 9.17) is 4.74 Å². The molecule has 1 aromatic rings.